The van der Waals surface area contributed by atoms with E-state index < -0.39 is 0 Å². The SMILES string of the molecule is CCCCCCCCCCCCCCN1CCOC(=O)Cc2cccc(n2)CC(=O)OCC1. The van der Waals surface area contributed by atoms with Crippen LogP contribution < -0.4 is 0 Å². The summed E-state index contributed by atoms with van der Waals surface area (Å²) in [5.41, 5.74) is 1.24. The van der Waals surface area contributed by atoms with Crippen LogP contribution in [0.25, 0.3) is 0 Å². The Morgan fingerprint density at radius 3 is 1.67 bits per heavy atom. The van der Waals surface area contributed by atoms with Gasteiger partial charge in [0.05, 0.1) is 24.2 Å². The minimum atomic E-state index is -0.274. The number of ether oxygens (including phenoxy) is 2. The summed E-state index contributed by atoms with van der Waals surface area (Å²) in [6, 6.07) is 5.37. The van der Waals surface area contributed by atoms with Gasteiger partial charge in [0, 0.05) is 13.1 Å². The molecule has 2 heterocycles. The number of hydrogen-bond donors (Lipinski definition) is 0. The Morgan fingerprint density at radius 2 is 1.18 bits per heavy atom. The van der Waals surface area contributed by atoms with Crippen LogP contribution >= 0.6 is 0 Å². The largest absolute Gasteiger partial charge is 0.464 e. The fraction of sp³-hybridized carbons (Fsp3) is 0.741. The summed E-state index contributed by atoms with van der Waals surface area (Å²) < 4.78 is 10.8. The molecule has 0 spiro atoms. The molecule has 0 aromatic carbocycles. The predicted octanol–water partition coefficient (Wildman–Crippen LogP) is 5.27. The number of carbonyl (C=O) groups is 2. The van der Waals surface area contributed by atoms with Crippen molar-refractivity contribution in [2.45, 2.75) is 96.8 Å². The van der Waals surface area contributed by atoms with Crippen molar-refractivity contribution in [2.75, 3.05) is 32.8 Å². The summed E-state index contributed by atoms with van der Waals surface area (Å²) >= 11 is 0. The van der Waals surface area contributed by atoms with Crippen LogP contribution in [-0.2, 0) is 31.9 Å². The summed E-state index contributed by atoms with van der Waals surface area (Å²) in [6.07, 6.45) is 16.2. The zero-order valence-corrected chi connectivity index (χ0v) is 20.7. The Hall–Kier alpha value is -1.95. The molecule has 1 aromatic rings. The second-order valence-electron chi connectivity index (χ2n) is 9.15. The van der Waals surface area contributed by atoms with Crippen LogP contribution in [-0.4, -0.2) is 54.7 Å². The quantitative estimate of drug-likeness (QED) is 0.295. The highest BCUT2D eigenvalue weighted by molar-refractivity contribution is 5.73. The van der Waals surface area contributed by atoms with E-state index in [-0.39, 0.29) is 24.8 Å². The van der Waals surface area contributed by atoms with Crippen molar-refractivity contribution in [3.8, 4) is 0 Å². The molecule has 186 valence electrons. The first kappa shape index (κ1) is 27.3. The van der Waals surface area contributed by atoms with Crippen LogP contribution in [0, 0.1) is 0 Å². The lowest BCUT2D eigenvalue weighted by molar-refractivity contribution is -0.143. The summed E-state index contributed by atoms with van der Waals surface area (Å²) in [7, 11) is 0. The van der Waals surface area contributed by atoms with Crippen LogP contribution in [0.5, 0.6) is 0 Å². The molecule has 0 atom stereocenters. The maximum atomic E-state index is 12.1. The number of nitrogens with zero attached hydrogens (tertiary/aromatic N) is 2. The van der Waals surface area contributed by atoms with Gasteiger partial charge in [0.15, 0.2) is 0 Å². The molecule has 0 N–H and O–H groups in total. The standard InChI is InChI=1S/C27H44N2O4/c1-2-3-4-5-6-7-8-9-10-11-12-13-17-29-18-20-32-26(30)22-24-15-14-16-25(28-24)23-27(31)33-21-19-29/h14-16H,2-13,17-23H2,1H3. The van der Waals surface area contributed by atoms with Crippen molar-refractivity contribution in [2.24, 2.45) is 0 Å². The van der Waals surface area contributed by atoms with Crippen LogP contribution in [0.4, 0.5) is 0 Å². The van der Waals surface area contributed by atoms with Crippen molar-refractivity contribution in [1.29, 1.82) is 0 Å². The van der Waals surface area contributed by atoms with Crippen molar-refractivity contribution < 1.29 is 19.1 Å². The zero-order chi connectivity index (χ0) is 23.6. The van der Waals surface area contributed by atoms with E-state index in [9.17, 15) is 9.59 Å². The molecule has 2 bridgehead atoms. The molecule has 0 radical (unpaired) electrons. The van der Waals surface area contributed by atoms with E-state index in [1.165, 1.54) is 70.6 Å². The first-order chi connectivity index (χ1) is 16.2. The Bertz CT molecular complexity index is 641. The van der Waals surface area contributed by atoms with Gasteiger partial charge in [0.25, 0.3) is 0 Å². The minimum Gasteiger partial charge on any atom is -0.464 e. The number of pyridine rings is 1. The normalized spacial score (nSPS) is 16.2. The summed E-state index contributed by atoms with van der Waals surface area (Å²) in [4.78, 5) is 30.9. The Balaban J connectivity index is 1.62. The second kappa shape index (κ2) is 17.5. The average molecular weight is 461 g/mol. The molecule has 6 heteroatoms. The van der Waals surface area contributed by atoms with Gasteiger partial charge < -0.3 is 9.47 Å². The lowest BCUT2D eigenvalue weighted by Crippen LogP contribution is -2.33. The van der Waals surface area contributed by atoms with Gasteiger partial charge in [-0.15, -0.1) is 0 Å². The topological polar surface area (TPSA) is 68.7 Å². The molecule has 0 saturated heterocycles. The molecule has 1 aliphatic rings. The van der Waals surface area contributed by atoms with E-state index in [4.69, 9.17) is 9.47 Å². The van der Waals surface area contributed by atoms with Gasteiger partial charge in [-0.05, 0) is 25.1 Å². The smallest absolute Gasteiger partial charge is 0.311 e. The lowest BCUT2D eigenvalue weighted by Gasteiger charge is -2.22. The Labute approximate surface area is 200 Å². The Morgan fingerprint density at radius 1 is 0.727 bits per heavy atom. The first-order valence-electron chi connectivity index (χ1n) is 13.2. The lowest BCUT2D eigenvalue weighted by atomic mass is 10.1. The number of hydrogen-bond acceptors (Lipinski definition) is 6. The molecule has 0 fully saturated rings. The van der Waals surface area contributed by atoms with Crippen LogP contribution in [0.3, 0.4) is 0 Å². The number of cyclic esters (lactones) is 2. The molecule has 1 aliphatic heterocycles. The number of carbonyl (C=O) groups excluding carboxylic acids is 2. The van der Waals surface area contributed by atoms with Gasteiger partial charge in [0.1, 0.15) is 13.2 Å². The number of unbranched alkanes of at least 4 members (excludes halogenated alkanes) is 11. The highest BCUT2D eigenvalue weighted by atomic mass is 16.5. The molecule has 0 aliphatic carbocycles. The molecule has 0 amide bonds. The minimum absolute atomic E-state index is 0.127. The third kappa shape index (κ3) is 13.4. The van der Waals surface area contributed by atoms with Crippen molar-refractivity contribution in [3.05, 3.63) is 29.6 Å². The van der Waals surface area contributed by atoms with Crippen molar-refractivity contribution in [3.63, 3.8) is 0 Å². The van der Waals surface area contributed by atoms with Gasteiger partial charge in [-0.3, -0.25) is 19.5 Å². The van der Waals surface area contributed by atoms with Gasteiger partial charge >= 0.3 is 11.9 Å². The molecular weight excluding hydrogens is 416 g/mol. The van der Waals surface area contributed by atoms with Crippen LogP contribution in [0.1, 0.15) is 95.4 Å². The molecule has 2 rings (SSSR count). The molecule has 0 unspecified atom stereocenters. The maximum absolute atomic E-state index is 12.1. The highest BCUT2D eigenvalue weighted by Crippen LogP contribution is 2.12. The van der Waals surface area contributed by atoms with Crippen molar-refractivity contribution in [1.82, 2.24) is 9.88 Å². The number of fused-ring (bicyclic) bond motifs is 2. The summed E-state index contributed by atoms with van der Waals surface area (Å²) in [5.74, 6) is -0.547. The predicted molar refractivity (Wildman–Crippen MR) is 131 cm³/mol. The zero-order valence-electron chi connectivity index (χ0n) is 20.7. The molecule has 0 saturated carbocycles. The second-order valence-corrected chi connectivity index (χ2v) is 9.15. The van der Waals surface area contributed by atoms with E-state index in [2.05, 4.69) is 16.8 Å². The van der Waals surface area contributed by atoms with E-state index >= 15 is 0 Å². The van der Waals surface area contributed by atoms with Gasteiger partial charge in [0.2, 0.25) is 0 Å². The third-order valence-corrected chi connectivity index (χ3v) is 6.18. The van der Waals surface area contributed by atoms with Crippen molar-refractivity contribution >= 4 is 11.9 Å². The van der Waals surface area contributed by atoms with Crippen LogP contribution in [0.15, 0.2) is 18.2 Å². The van der Waals surface area contributed by atoms with E-state index in [1.54, 1.807) is 18.2 Å². The fourth-order valence-electron chi connectivity index (χ4n) is 4.21. The molecule has 1 aromatic heterocycles. The summed E-state index contributed by atoms with van der Waals surface area (Å²) in [5, 5.41) is 0. The van der Waals surface area contributed by atoms with Gasteiger partial charge in [-0.25, -0.2) is 0 Å². The third-order valence-electron chi connectivity index (χ3n) is 6.18. The number of aromatic nitrogens is 1. The van der Waals surface area contributed by atoms with Gasteiger partial charge in [-0.2, -0.15) is 0 Å². The highest BCUT2D eigenvalue weighted by Gasteiger charge is 2.13. The van der Waals surface area contributed by atoms with E-state index in [1.807, 2.05) is 0 Å². The Kier molecular flexibility index (Phi) is 14.5. The van der Waals surface area contributed by atoms with Crippen LogP contribution in [0.2, 0.25) is 0 Å². The fourth-order valence-corrected chi connectivity index (χ4v) is 4.21. The van der Waals surface area contributed by atoms with E-state index in [0.29, 0.717) is 37.7 Å². The first-order valence-corrected chi connectivity index (χ1v) is 13.2. The summed E-state index contributed by atoms with van der Waals surface area (Å²) in [6.45, 7) is 5.23. The number of esters is 2. The number of rotatable bonds is 13. The molecule has 33 heavy (non-hydrogen) atoms. The average Bonchev–Trinajstić information content (AvgIpc) is 2.79. The van der Waals surface area contributed by atoms with Gasteiger partial charge in [-0.1, -0.05) is 83.6 Å². The van der Waals surface area contributed by atoms with E-state index in [0.717, 1.165) is 13.0 Å². The maximum Gasteiger partial charge on any atom is 0.311 e. The molecule has 6 nitrogen and oxygen atoms in total. The molecular formula is C27H44N2O4. The monoisotopic (exact) mass is 460 g/mol.